The molecule has 0 saturated carbocycles. The Bertz CT molecular complexity index is 655. The Morgan fingerprint density at radius 2 is 0.844 bits per heavy atom. The molecule has 0 heterocycles. The van der Waals surface area contributed by atoms with E-state index in [0.29, 0.717) is 12.8 Å². The average Bonchev–Trinajstić information content (AvgIpc) is 2.93. The van der Waals surface area contributed by atoms with Crippen molar-refractivity contribution in [3.05, 3.63) is 0 Å². The number of hydrogen-bond acceptors (Lipinski definition) is 7. The fourth-order valence-electron chi connectivity index (χ4n) is 4.71. The summed E-state index contributed by atoms with van der Waals surface area (Å²) in [6, 6.07) is 0. The van der Waals surface area contributed by atoms with Gasteiger partial charge in [-0.2, -0.15) is 0 Å². The summed E-state index contributed by atoms with van der Waals surface area (Å²) in [5.41, 5.74) is 0. The number of aliphatic hydroxyl groups is 1. The summed E-state index contributed by atoms with van der Waals surface area (Å²) in [6.07, 6.45) is 32.3. The maximum atomic E-state index is 11.3. The first-order chi connectivity index (χ1) is 21.0. The van der Waals surface area contributed by atoms with Crippen LogP contribution in [0.5, 0.6) is 0 Å². The molecule has 0 saturated heterocycles. The number of carbonyl (C=O) groups excluding carboxylic acids is 1. The van der Waals surface area contributed by atoms with Gasteiger partial charge in [0.15, 0.2) is 0 Å². The minimum atomic E-state index is -4.49. The molecule has 0 aliphatic heterocycles. The predicted molar refractivity (Wildman–Crippen MR) is 186 cm³/mol. The predicted octanol–water partition coefficient (Wildman–Crippen LogP) is 7.97. The Hall–Kier alpha value is 0.300. The summed E-state index contributed by atoms with van der Waals surface area (Å²) < 4.78 is 39.8. The minimum absolute atomic E-state index is 0. The quantitative estimate of drug-likeness (QED) is 0.0281. The van der Waals surface area contributed by atoms with Crippen LogP contribution >= 0.6 is 0 Å². The van der Waals surface area contributed by atoms with Gasteiger partial charge in [0.2, 0.25) is 10.4 Å². The normalized spacial score (nSPS) is 11.0. The van der Waals surface area contributed by atoms with Crippen LogP contribution in [0.3, 0.4) is 0 Å². The first-order valence-corrected chi connectivity index (χ1v) is 19.8. The summed E-state index contributed by atoms with van der Waals surface area (Å²) in [4.78, 5) is 11.3. The largest absolute Gasteiger partial charge is 1.00 e. The van der Waals surface area contributed by atoms with Gasteiger partial charge in [-0.25, -0.2) is 8.42 Å². The number of aliphatic hydroxyl groups excluding tert-OH is 1. The van der Waals surface area contributed by atoms with E-state index in [1.54, 1.807) is 13.8 Å². The van der Waals surface area contributed by atoms with Crippen LogP contribution in [0.25, 0.3) is 0 Å². The first kappa shape index (κ1) is 52.1. The van der Waals surface area contributed by atoms with Gasteiger partial charge in [-0.1, -0.05) is 162 Å². The van der Waals surface area contributed by atoms with Crippen molar-refractivity contribution in [3.63, 3.8) is 0 Å². The molecule has 0 bridgehead atoms. The molecule has 0 aromatic carbocycles. The van der Waals surface area contributed by atoms with Crippen molar-refractivity contribution in [1.82, 2.24) is 0 Å². The van der Waals surface area contributed by atoms with Crippen LogP contribution in [0.2, 0.25) is 0 Å². The van der Waals surface area contributed by atoms with Crippen molar-refractivity contribution in [2.24, 2.45) is 0 Å². The van der Waals surface area contributed by atoms with Gasteiger partial charge < -0.3 is 14.4 Å². The first-order valence-electron chi connectivity index (χ1n) is 18.4. The van der Waals surface area contributed by atoms with Crippen LogP contribution in [-0.2, 0) is 24.1 Å². The van der Waals surface area contributed by atoms with E-state index in [2.05, 4.69) is 18.0 Å². The van der Waals surface area contributed by atoms with Crippen LogP contribution in [0.1, 0.15) is 208 Å². The summed E-state index contributed by atoms with van der Waals surface area (Å²) in [5.74, 6) is -0.0362. The molecule has 0 aromatic heterocycles. The second kappa shape index (κ2) is 42.3. The van der Waals surface area contributed by atoms with Crippen molar-refractivity contribution >= 4 is 16.4 Å². The van der Waals surface area contributed by atoms with Crippen molar-refractivity contribution in [2.45, 2.75) is 221 Å². The van der Waals surface area contributed by atoms with E-state index in [0.717, 1.165) is 19.3 Å². The third kappa shape index (κ3) is 63.6. The van der Waals surface area contributed by atoms with Gasteiger partial charge in [-0.3, -0.25) is 8.98 Å². The van der Waals surface area contributed by atoms with E-state index in [1.807, 2.05) is 13.8 Å². The molecule has 0 fully saturated rings. The number of carbonyl (C=O) groups is 1. The molecule has 0 spiro atoms. The average molecular weight is 675 g/mol. The van der Waals surface area contributed by atoms with Gasteiger partial charge in [0.05, 0.1) is 12.7 Å². The number of esters is 1. The topological polar surface area (TPSA) is 113 Å². The molecule has 0 rings (SSSR count). The van der Waals surface area contributed by atoms with E-state index in [-0.39, 0.29) is 54.3 Å². The molecule has 0 radical (unpaired) electrons. The fraction of sp³-hybridized carbons (Fsp3) is 0.972. The van der Waals surface area contributed by atoms with Crippen LogP contribution in [0.15, 0.2) is 0 Å². The second-order valence-electron chi connectivity index (χ2n) is 12.7. The number of rotatable bonds is 29. The SMILES string of the molecule is CC(C)O.CCCCCCCCCCCCCC(=O)OC(C)C.CCCCCCCCCCCCCCCCOS(=O)(=O)[O-].[Na+]. The van der Waals surface area contributed by atoms with Crippen LogP contribution in [0, 0.1) is 0 Å². The summed E-state index contributed by atoms with van der Waals surface area (Å²) in [7, 11) is -4.49. The third-order valence-corrected chi connectivity index (χ3v) is 7.53. The van der Waals surface area contributed by atoms with Gasteiger partial charge >= 0.3 is 35.5 Å². The number of ether oxygens (including phenoxy) is 1. The molecule has 0 aromatic rings. The van der Waals surface area contributed by atoms with Gasteiger partial charge in [0, 0.05) is 12.5 Å². The molecule has 0 unspecified atom stereocenters. The van der Waals surface area contributed by atoms with Gasteiger partial charge in [0.1, 0.15) is 0 Å². The molecule has 0 amide bonds. The van der Waals surface area contributed by atoms with Crippen LogP contribution < -0.4 is 29.6 Å². The Balaban J connectivity index is -0.000000328. The Labute approximate surface area is 303 Å². The van der Waals surface area contributed by atoms with Crippen molar-refractivity contribution in [3.8, 4) is 0 Å². The molecule has 45 heavy (non-hydrogen) atoms. The zero-order valence-electron chi connectivity index (χ0n) is 31.1. The minimum Gasteiger partial charge on any atom is -0.726 e. The standard InChI is InChI=1S/C17H34O2.C16H34O4S.C3H8O.Na/c1-4-5-6-7-8-9-10-11-12-13-14-15-17(18)19-16(2)3;1-2-3-4-5-6-7-8-9-10-11-12-13-14-15-16-20-21(17,18)19;1-3(2)4;/h16H,4-15H2,1-3H3;2-16H2,1H3,(H,17,18,19);3-4H,1-2H3;/q;;;+1/p-1. The Morgan fingerprint density at radius 3 is 1.11 bits per heavy atom. The van der Waals surface area contributed by atoms with E-state index in [4.69, 9.17) is 9.84 Å². The number of hydrogen-bond donors (Lipinski definition) is 1. The number of unbranched alkanes of at least 4 members (excludes halogenated alkanes) is 23. The monoisotopic (exact) mass is 675 g/mol. The molecule has 9 heteroatoms. The Morgan fingerprint density at radius 1 is 0.578 bits per heavy atom. The molecule has 0 aliphatic rings. The molecular weight excluding hydrogens is 599 g/mol. The van der Waals surface area contributed by atoms with Crippen molar-refractivity contribution in [2.75, 3.05) is 6.61 Å². The Kier molecular flexibility index (Phi) is 49.0. The van der Waals surface area contributed by atoms with Crippen LogP contribution in [-0.4, -0.2) is 42.9 Å². The van der Waals surface area contributed by atoms with Crippen molar-refractivity contribution in [1.29, 1.82) is 0 Å². The van der Waals surface area contributed by atoms with E-state index in [1.165, 1.54) is 135 Å². The zero-order valence-corrected chi connectivity index (χ0v) is 33.9. The third-order valence-electron chi connectivity index (χ3n) is 7.08. The summed E-state index contributed by atoms with van der Waals surface area (Å²) in [6.45, 7) is 11.8. The van der Waals surface area contributed by atoms with Crippen molar-refractivity contribution < 1.29 is 61.3 Å². The molecule has 7 nitrogen and oxygen atoms in total. The summed E-state index contributed by atoms with van der Waals surface area (Å²) in [5, 5.41) is 8.06. The molecule has 0 atom stereocenters. The summed E-state index contributed by atoms with van der Waals surface area (Å²) >= 11 is 0. The molecule has 268 valence electrons. The van der Waals surface area contributed by atoms with E-state index >= 15 is 0 Å². The zero-order chi connectivity index (χ0) is 33.7. The maximum Gasteiger partial charge on any atom is 1.00 e. The van der Waals surface area contributed by atoms with Gasteiger partial charge in [0.25, 0.3) is 0 Å². The maximum absolute atomic E-state index is 11.3. The molecule has 0 aliphatic carbocycles. The fourth-order valence-corrected chi connectivity index (χ4v) is 5.03. The smallest absolute Gasteiger partial charge is 0.726 e. The van der Waals surface area contributed by atoms with Gasteiger partial charge in [-0.15, -0.1) is 0 Å². The van der Waals surface area contributed by atoms with Gasteiger partial charge in [-0.05, 0) is 40.5 Å². The van der Waals surface area contributed by atoms with E-state index < -0.39 is 10.4 Å². The van der Waals surface area contributed by atoms with E-state index in [9.17, 15) is 17.8 Å². The molecule has 1 N–H and O–H groups in total. The molecular formula is C36H75NaO7S. The second-order valence-corrected chi connectivity index (χ2v) is 13.8. The van der Waals surface area contributed by atoms with Crippen LogP contribution in [0.4, 0.5) is 0 Å².